The number of carboxylic acid groups (broad SMARTS) is 1. The zero-order valence-corrected chi connectivity index (χ0v) is 19.3. The number of carbonyl (C=O) groups excluding carboxylic acids is 2. The van der Waals surface area contributed by atoms with E-state index in [2.05, 4.69) is 31.9 Å². The molecule has 0 heterocycles. The second kappa shape index (κ2) is 11.2. The van der Waals surface area contributed by atoms with E-state index in [9.17, 15) is 23.9 Å². The molecule has 0 spiro atoms. The van der Waals surface area contributed by atoms with Gasteiger partial charge in [-0.1, -0.05) is 34.1 Å². The number of hydrogen-bond acceptors (Lipinski definition) is 4. The number of halogens is 3. The first-order valence-corrected chi connectivity index (χ1v) is 10.7. The van der Waals surface area contributed by atoms with Gasteiger partial charge >= 0.3 is 11.9 Å². The van der Waals surface area contributed by atoms with E-state index >= 15 is 0 Å². The van der Waals surface area contributed by atoms with Gasteiger partial charge in [0.2, 0.25) is 0 Å². The Bertz CT molecular complexity index is 935. The van der Waals surface area contributed by atoms with Crippen LogP contribution in [0.2, 0.25) is 0 Å². The van der Waals surface area contributed by atoms with Crippen LogP contribution in [0.4, 0.5) is 4.39 Å². The van der Waals surface area contributed by atoms with Crippen LogP contribution in [0.25, 0.3) is 0 Å². The number of ether oxygens (including phenoxy) is 1. The van der Waals surface area contributed by atoms with Crippen molar-refractivity contribution < 1.29 is 28.6 Å². The van der Waals surface area contributed by atoms with Crippen LogP contribution in [0.1, 0.15) is 34.8 Å². The number of hydrogen-bond donors (Lipinski definition) is 1. The van der Waals surface area contributed by atoms with E-state index in [1.54, 1.807) is 37.3 Å². The smallest absolute Gasteiger partial charge is 0.323 e. The van der Waals surface area contributed by atoms with Crippen LogP contribution in [0, 0.1) is 5.82 Å². The van der Waals surface area contributed by atoms with E-state index in [-0.39, 0.29) is 35.1 Å². The fourth-order valence-corrected chi connectivity index (χ4v) is 3.29. The van der Waals surface area contributed by atoms with E-state index in [0.29, 0.717) is 10.9 Å². The predicted molar refractivity (Wildman–Crippen MR) is 116 cm³/mol. The summed E-state index contributed by atoms with van der Waals surface area (Å²) in [5, 5.41) is 8.81. The topological polar surface area (TPSA) is 83.9 Å². The lowest BCUT2D eigenvalue weighted by atomic mass is 10.1. The summed E-state index contributed by atoms with van der Waals surface area (Å²) in [6.07, 6.45) is 0.497. The van der Waals surface area contributed by atoms with Gasteiger partial charge in [0.05, 0.1) is 0 Å². The highest BCUT2D eigenvalue weighted by Gasteiger charge is 2.21. The van der Waals surface area contributed by atoms with Crippen LogP contribution in [0.5, 0.6) is 0 Å². The van der Waals surface area contributed by atoms with Crippen molar-refractivity contribution in [3.63, 3.8) is 0 Å². The fourth-order valence-electron chi connectivity index (χ4n) is 2.75. The van der Waals surface area contributed by atoms with Gasteiger partial charge in [-0.2, -0.15) is 0 Å². The molecule has 1 amide bonds. The molecule has 0 fully saturated rings. The lowest BCUT2D eigenvalue weighted by Crippen LogP contribution is -2.35. The Morgan fingerprint density at radius 1 is 1.20 bits per heavy atom. The second-order valence-corrected chi connectivity index (χ2v) is 8.73. The SMILES string of the molecule is CC(Br)OC(=O)CCc1cccc(C(=O)N(CC(=O)O)Cc2ccc(Br)cc2F)c1. The zero-order valence-electron chi connectivity index (χ0n) is 16.1. The molecule has 2 aromatic carbocycles. The van der Waals surface area contributed by atoms with Crippen molar-refractivity contribution in [3.8, 4) is 0 Å². The summed E-state index contributed by atoms with van der Waals surface area (Å²) in [5.41, 5.74) is 1.19. The van der Waals surface area contributed by atoms with E-state index in [1.165, 1.54) is 12.1 Å². The third-order valence-electron chi connectivity index (χ3n) is 4.08. The molecule has 0 aliphatic carbocycles. The van der Waals surface area contributed by atoms with Crippen molar-refractivity contribution in [2.24, 2.45) is 0 Å². The highest BCUT2D eigenvalue weighted by atomic mass is 79.9. The molecule has 1 N–H and O–H groups in total. The van der Waals surface area contributed by atoms with Crippen LogP contribution in [-0.4, -0.2) is 39.4 Å². The maximum Gasteiger partial charge on any atom is 0.323 e. The summed E-state index contributed by atoms with van der Waals surface area (Å²) in [6, 6.07) is 10.9. The predicted octanol–water partition coefficient (Wildman–Crippen LogP) is 4.53. The highest BCUT2D eigenvalue weighted by Crippen LogP contribution is 2.19. The number of aryl methyl sites for hydroxylation is 1. The lowest BCUT2D eigenvalue weighted by Gasteiger charge is -2.21. The van der Waals surface area contributed by atoms with Crippen LogP contribution in [-0.2, 0) is 27.3 Å². The number of aliphatic carboxylic acids is 1. The molecule has 2 aromatic rings. The summed E-state index contributed by atoms with van der Waals surface area (Å²) in [5.74, 6) is -2.67. The molecule has 0 bridgehead atoms. The number of rotatable bonds is 9. The average Bonchev–Trinajstić information content (AvgIpc) is 2.66. The minimum Gasteiger partial charge on any atom is -0.480 e. The van der Waals surface area contributed by atoms with E-state index in [0.717, 1.165) is 10.5 Å². The number of amides is 1. The van der Waals surface area contributed by atoms with Crippen molar-refractivity contribution >= 4 is 49.7 Å². The molecule has 2 rings (SSSR count). The first-order valence-electron chi connectivity index (χ1n) is 9.03. The van der Waals surface area contributed by atoms with Crippen LogP contribution in [0.3, 0.4) is 0 Å². The summed E-state index contributed by atoms with van der Waals surface area (Å²) in [7, 11) is 0. The van der Waals surface area contributed by atoms with Gasteiger partial charge in [0, 0.05) is 28.6 Å². The minimum atomic E-state index is -1.20. The molecule has 0 radical (unpaired) electrons. The Morgan fingerprint density at radius 3 is 2.57 bits per heavy atom. The lowest BCUT2D eigenvalue weighted by molar-refractivity contribution is -0.144. The standard InChI is InChI=1S/C21H20Br2FNO5/c1-13(22)30-20(28)8-5-14-3-2-4-15(9-14)21(29)25(12-19(26)27)11-16-6-7-17(23)10-18(16)24/h2-4,6-7,9-10,13H,5,8,11-12H2,1H3,(H,26,27). The number of carbonyl (C=O) groups is 3. The second-order valence-electron chi connectivity index (χ2n) is 6.52. The first-order chi connectivity index (χ1) is 14.2. The molecule has 0 aromatic heterocycles. The molecular formula is C21H20Br2FNO5. The third kappa shape index (κ3) is 7.53. The summed E-state index contributed by atoms with van der Waals surface area (Å²) < 4.78 is 19.7. The Kier molecular flexibility index (Phi) is 8.98. The van der Waals surface area contributed by atoms with Gasteiger partial charge in [-0.25, -0.2) is 4.39 Å². The van der Waals surface area contributed by atoms with Gasteiger partial charge in [-0.15, -0.1) is 0 Å². The number of benzene rings is 2. The summed E-state index contributed by atoms with van der Waals surface area (Å²) >= 11 is 6.30. The van der Waals surface area contributed by atoms with Gasteiger partial charge in [0.25, 0.3) is 5.91 Å². The van der Waals surface area contributed by atoms with Crippen molar-refractivity contribution in [1.29, 1.82) is 0 Å². The molecule has 30 heavy (non-hydrogen) atoms. The molecule has 1 atom stereocenters. The fraction of sp³-hybridized carbons (Fsp3) is 0.286. The van der Waals surface area contributed by atoms with Crippen LogP contribution >= 0.6 is 31.9 Å². The number of esters is 1. The van der Waals surface area contributed by atoms with Crippen molar-refractivity contribution in [2.45, 2.75) is 31.3 Å². The average molecular weight is 545 g/mol. The van der Waals surface area contributed by atoms with Crippen molar-refractivity contribution in [1.82, 2.24) is 4.90 Å². The minimum absolute atomic E-state index is 0.135. The number of alkyl halides is 1. The molecular weight excluding hydrogens is 525 g/mol. The van der Waals surface area contributed by atoms with Gasteiger partial charge in [-0.05, 0) is 59.1 Å². The quantitative estimate of drug-likeness (QED) is 0.370. The van der Waals surface area contributed by atoms with Crippen LogP contribution in [0.15, 0.2) is 46.9 Å². The molecule has 0 aliphatic rings. The van der Waals surface area contributed by atoms with Gasteiger partial charge in [0.15, 0.2) is 5.01 Å². The third-order valence-corrected chi connectivity index (χ3v) is 4.76. The Hall–Kier alpha value is -2.26. The molecule has 9 heteroatoms. The molecule has 0 aliphatic heterocycles. The van der Waals surface area contributed by atoms with E-state index < -0.39 is 24.2 Å². The van der Waals surface area contributed by atoms with Crippen molar-refractivity contribution in [2.75, 3.05) is 6.54 Å². The van der Waals surface area contributed by atoms with Crippen molar-refractivity contribution in [3.05, 3.63) is 69.4 Å². The van der Waals surface area contributed by atoms with E-state index in [1.807, 2.05) is 0 Å². The normalized spacial score (nSPS) is 11.6. The Morgan fingerprint density at radius 2 is 1.93 bits per heavy atom. The number of carboxylic acids is 1. The maximum absolute atomic E-state index is 14.2. The van der Waals surface area contributed by atoms with E-state index in [4.69, 9.17) is 4.74 Å². The first kappa shape index (κ1) is 24.0. The molecule has 160 valence electrons. The summed E-state index contributed by atoms with van der Waals surface area (Å²) in [4.78, 5) is 37.0. The van der Waals surface area contributed by atoms with Gasteiger partial charge < -0.3 is 14.7 Å². The Balaban J connectivity index is 2.17. The van der Waals surface area contributed by atoms with Crippen LogP contribution < -0.4 is 0 Å². The zero-order chi connectivity index (χ0) is 22.3. The molecule has 1 unspecified atom stereocenters. The Labute approximate surface area is 190 Å². The summed E-state index contributed by atoms with van der Waals surface area (Å²) in [6.45, 7) is 0.917. The molecule has 0 saturated heterocycles. The largest absolute Gasteiger partial charge is 0.480 e. The maximum atomic E-state index is 14.2. The number of nitrogens with zero attached hydrogens (tertiary/aromatic N) is 1. The van der Waals surface area contributed by atoms with Gasteiger partial charge in [0.1, 0.15) is 12.4 Å². The molecule has 0 saturated carbocycles. The molecule has 6 nitrogen and oxygen atoms in total. The van der Waals surface area contributed by atoms with Gasteiger partial charge in [-0.3, -0.25) is 14.4 Å². The monoisotopic (exact) mass is 543 g/mol. The highest BCUT2D eigenvalue weighted by molar-refractivity contribution is 9.10.